The molecule has 0 aromatic heterocycles. The van der Waals surface area contributed by atoms with Gasteiger partial charge in [-0.2, -0.15) is 0 Å². The Kier molecular flexibility index (Phi) is 6.51. The van der Waals surface area contributed by atoms with Gasteiger partial charge in [0, 0.05) is 38.8 Å². The summed E-state index contributed by atoms with van der Waals surface area (Å²) in [7, 11) is 0. The topological polar surface area (TPSA) is 18.5 Å². The Morgan fingerprint density at radius 3 is 2.76 bits per heavy atom. The van der Waals surface area contributed by atoms with Crippen LogP contribution in [-0.2, 0) is 0 Å². The van der Waals surface area contributed by atoms with Crippen molar-refractivity contribution in [2.45, 2.75) is 59.4 Å². The molecule has 0 amide bonds. The van der Waals surface area contributed by atoms with Crippen LogP contribution < -0.4 is 5.32 Å². The highest BCUT2D eigenvalue weighted by Crippen LogP contribution is 2.27. The molecule has 2 saturated heterocycles. The van der Waals surface area contributed by atoms with E-state index in [-0.39, 0.29) is 0 Å². The fraction of sp³-hybridized carbons (Fsp3) is 1.00. The van der Waals surface area contributed by atoms with E-state index in [1.165, 1.54) is 65.0 Å². The predicted molar refractivity (Wildman–Crippen MR) is 91.8 cm³/mol. The molecule has 3 nitrogen and oxygen atoms in total. The summed E-state index contributed by atoms with van der Waals surface area (Å²) in [4.78, 5) is 5.46. The van der Waals surface area contributed by atoms with Crippen molar-refractivity contribution >= 4 is 0 Å². The number of hydrogen-bond donors (Lipinski definition) is 1. The van der Waals surface area contributed by atoms with E-state index in [2.05, 4.69) is 42.8 Å². The van der Waals surface area contributed by atoms with Crippen LogP contribution in [0.5, 0.6) is 0 Å². The van der Waals surface area contributed by atoms with Crippen molar-refractivity contribution in [2.24, 2.45) is 11.3 Å². The van der Waals surface area contributed by atoms with Gasteiger partial charge in [-0.3, -0.25) is 9.80 Å². The van der Waals surface area contributed by atoms with E-state index in [0.717, 1.165) is 18.5 Å². The first-order valence-electron chi connectivity index (χ1n) is 9.19. The Morgan fingerprint density at radius 1 is 1.24 bits per heavy atom. The molecule has 2 atom stereocenters. The Hall–Kier alpha value is -0.120. The first kappa shape index (κ1) is 17.2. The third kappa shape index (κ3) is 5.22. The Labute approximate surface area is 132 Å². The molecule has 0 aromatic carbocycles. The van der Waals surface area contributed by atoms with Gasteiger partial charge >= 0.3 is 0 Å². The number of piperazine rings is 1. The molecule has 2 unspecified atom stereocenters. The Balaban J connectivity index is 1.83. The molecule has 0 spiro atoms. The molecule has 0 aromatic rings. The quantitative estimate of drug-likeness (QED) is 0.743. The third-order valence-corrected chi connectivity index (χ3v) is 5.23. The molecule has 0 aliphatic carbocycles. The normalized spacial score (nSPS) is 27.0. The van der Waals surface area contributed by atoms with Gasteiger partial charge in [-0.1, -0.05) is 34.1 Å². The molecule has 3 heteroatoms. The average Bonchev–Trinajstić information content (AvgIpc) is 2.85. The first-order chi connectivity index (χ1) is 10.0. The highest BCUT2D eigenvalue weighted by molar-refractivity contribution is 4.90. The predicted octanol–water partition coefficient (Wildman–Crippen LogP) is 2.82. The summed E-state index contributed by atoms with van der Waals surface area (Å²) < 4.78 is 0. The van der Waals surface area contributed by atoms with Crippen molar-refractivity contribution < 1.29 is 0 Å². The van der Waals surface area contributed by atoms with Crippen LogP contribution in [0.3, 0.4) is 0 Å². The number of rotatable bonds is 8. The zero-order valence-electron chi connectivity index (χ0n) is 14.8. The monoisotopic (exact) mass is 295 g/mol. The highest BCUT2D eigenvalue weighted by atomic mass is 15.3. The van der Waals surface area contributed by atoms with Crippen LogP contribution in [0.1, 0.15) is 53.4 Å². The summed E-state index contributed by atoms with van der Waals surface area (Å²) in [5, 5.41) is 3.71. The lowest BCUT2D eigenvalue weighted by atomic mass is 9.84. The van der Waals surface area contributed by atoms with Crippen molar-refractivity contribution in [3.8, 4) is 0 Å². The van der Waals surface area contributed by atoms with Crippen molar-refractivity contribution in [1.82, 2.24) is 15.1 Å². The molecule has 0 radical (unpaired) electrons. The second-order valence-electron chi connectivity index (χ2n) is 8.15. The second kappa shape index (κ2) is 7.94. The van der Waals surface area contributed by atoms with Crippen molar-refractivity contribution in [3.05, 3.63) is 0 Å². The second-order valence-corrected chi connectivity index (χ2v) is 8.15. The zero-order valence-corrected chi connectivity index (χ0v) is 14.8. The van der Waals surface area contributed by atoms with E-state index in [1.807, 2.05) is 0 Å². The maximum atomic E-state index is 3.71. The smallest absolute Gasteiger partial charge is 0.0224 e. The van der Waals surface area contributed by atoms with Crippen molar-refractivity contribution in [3.63, 3.8) is 0 Å². The molecule has 21 heavy (non-hydrogen) atoms. The van der Waals surface area contributed by atoms with E-state index in [9.17, 15) is 0 Å². The van der Waals surface area contributed by atoms with Crippen molar-refractivity contribution in [2.75, 3.05) is 45.8 Å². The molecular weight excluding hydrogens is 258 g/mol. The SMILES string of the molecule is CCCC(C)(CNCC(C)C)CN1CCN2CCCC2C1. The summed E-state index contributed by atoms with van der Waals surface area (Å²) in [5.41, 5.74) is 0.435. The van der Waals surface area contributed by atoms with Crippen molar-refractivity contribution in [1.29, 1.82) is 0 Å². The molecule has 2 fully saturated rings. The standard InChI is InChI=1S/C18H37N3/c1-5-8-18(4,14-19-12-16(2)3)15-20-10-11-21-9-6-7-17(21)13-20/h16-17,19H,5-15H2,1-4H3. The number of fused-ring (bicyclic) bond motifs is 1. The van der Waals surface area contributed by atoms with E-state index in [4.69, 9.17) is 0 Å². The summed E-state index contributed by atoms with van der Waals surface area (Å²) >= 11 is 0. The zero-order chi connectivity index (χ0) is 15.3. The maximum Gasteiger partial charge on any atom is 0.0224 e. The Morgan fingerprint density at radius 2 is 2.05 bits per heavy atom. The van der Waals surface area contributed by atoms with Crippen LogP contribution in [0.15, 0.2) is 0 Å². The molecular formula is C18H37N3. The molecule has 2 rings (SSSR count). The van der Waals surface area contributed by atoms with Gasteiger partial charge in [0.25, 0.3) is 0 Å². The highest BCUT2D eigenvalue weighted by Gasteiger charge is 2.33. The molecule has 2 aliphatic heterocycles. The lowest BCUT2D eigenvalue weighted by Gasteiger charge is -2.42. The fourth-order valence-corrected chi connectivity index (χ4v) is 4.23. The summed E-state index contributed by atoms with van der Waals surface area (Å²) in [5.74, 6) is 0.748. The van der Waals surface area contributed by atoms with Gasteiger partial charge in [0.15, 0.2) is 0 Å². The number of hydrogen-bond acceptors (Lipinski definition) is 3. The van der Waals surface area contributed by atoms with Gasteiger partial charge in [-0.05, 0) is 43.7 Å². The number of nitrogens with zero attached hydrogens (tertiary/aromatic N) is 2. The molecule has 0 saturated carbocycles. The maximum absolute atomic E-state index is 3.71. The Bertz CT molecular complexity index is 305. The van der Waals surface area contributed by atoms with Crippen LogP contribution in [0.25, 0.3) is 0 Å². The van der Waals surface area contributed by atoms with Gasteiger partial charge in [-0.15, -0.1) is 0 Å². The third-order valence-electron chi connectivity index (χ3n) is 5.23. The molecule has 0 bridgehead atoms. The lowest BCUT2D eigenvalue weighted by molar-refractivity contribution is 0.0655. The van der Waals surface area contributed by atoms with E-state index in [1.54, 1.807) is 0 Å². The molecule has 1 N–H and O–H groups in total. The van der Waals surface area contributed by atoms with Gasteiger partial charge in [0.1, 0.15) is 0 Å². The molecule has 124 valence electrons. The van der Waals surface area contributed by atoms with Gasteiger partial charge in [-0.25, -0.2) is 0 Å². The van der Waals surface area contributed by atoms with Crippen LogP contribution in [0.2, 0.25) is 0 Å². The van der Waals surface area contributed by atoms with E-state index < -0.39 is 0 Å². The van der Waals surface area contributed by atoms with Crippen LogP contribution in [-0.4, -0.2) is 61.7 Å². The fourth-order valence-electron chi connectivity index (χ4n) is 4.23. The minimum atomic E-state index is 0.435. The minimum Gasteiger partial charge on any atom is -0.316 e. The summed E-state index contributed by atoms with van der Waals surface area (Å²) in [6.07, 6.45) is 5.47. The van der Waals surface area contributed by atoms with Gasteiger partial charge < -0.3 is 5.32 Å². The van der Waals surface area contributed by atoms with Crippen LogP contribution >= 0.6 is 0 Å². The first-order valence-corrected chi connectivity index (χ1v) is 9.19. The lowest BCUT2D eigenvalue weighted by Crippen LogP contribution is -2.53. The molecule has 2 aliphatic rings. The van der Waals surface area contributed by atoms with Crippen LogP contribution in [0, 0.1) is 11.3 Å². The van der Waals surface area contributed by atoms with Crippen LogP contribution in [0.4, 0.5) is 0 Å². The average molecular weight is 296 g/mol. The van der Waals surface area contributed by atoms with Gasteiger partial charge in [0.2, 0.25) is 0 Å². The van der Waals surface area contributed by atoms with E-state index in [0.29, 0.717) is 5.41 Å². The summed E-state index contributed by atoms with van der Waals surface area (Å²) in [6.45, 7) is 18.2. The summed E-state index contributed by atoms with van der Waals surface area (Å²) in [6, 6.07) is 0.855. The number of nitrogens with one attached hydrogen (secondary N) is 1. The molecule has 2 heterocycles. The largest absolute Gasteiger partial charge is 0.316 e. The van der Waals surface area contributed by atoms with E-state index >= 15 is 0 Å². The van der Waals surface area contributed by atoms with Gasteiger partial charge in [0.05, 0.1) is 0 Å². The minimum absolute atomic E-state index is 0.435.